The maximum absolute atomic E-state index is 12.3. The van der Waals surface area contributed by atoms with Crippen molar-refractivity contribution < 1.29 is 8.42 Å². The van der Waals surface area contributed by atoms with E-state index in [1.165, 1.54) is 0 Å². The molecular weight excluding hydrogens is 260 g/mol. The molecule has 4 nitrogen and oxygen atoms in total. The van der Waals surface area contributed by atoms with Gasteiger partial charge in [-0.3, -0.25) is 0 Å². The first-order valence-corrected chi connectivity index (χ1v) is 7.87. The minimum atomic E-state index is -3.49. The molecule has 0 amide bonds. The second-order valence-corrected chi connectivity index (χ2v) is 6.34. The number of anilines is 1. The molecule has 0 fully saturated rings. The van der Waals surface area contributed by atoms with Crippen molar-refractivity contribution in [1.82, 2.24) is 4.72 Å². The van der Waals surface area contributed by atoms with Crippen LogP contribution in [0.25, 0.3) is 0 Å². The van der Waals surface area contributed by atoms with E-state index >= 15 is 0 Å². The molecule has 1 heterocycles. The normalized spacial score (nSPS) is 15.4. The average molecular weight is 278 g/mol. The van der Waals surface area contributed by atoms with Crippen molar-refractivity contribution in [3.05, 3.63) is 23.8 Å². The summed E-state index contributed by atoms with van der Waals surface area (Å²) in [6, 6.07) is 4.97. The van der Waals surface area contributed by atoms with Crippen LogP contribution in [0.5, 0.6) is 0 Å². The molecular formula is C14H18N2O2S. The van der Waals surface area contributed by atoms with Gasteiger partial charge in [-0.05, 0) is 36.6 Å². The first-order valence-electron chi connectivity index (χ1n) is 6.39. The number of benzene rings is 1. The third kappa shape index (κ3) is 3.09. The highest BCUT2D eigenvalue weighted by molar-refractivity contribution is 7.89. The van der Waals surface area contributed by atoms with Gasteiger partial charge >= 0.3 is 0 Å². The SMILES string of the molecule is C#CCC(CC)NS(=O)(=O)c1ccc2c(c1)CCN2. The predicted octanol–water partition coefficient (Wildman–Crippen LogP) is 1.73. The van der Waals surface area contributed by atoms with Gasteiger partial charge in [0.2, 0.25) is 10.0 Å². The molecule has 1 aromatic rings. The van der Waals surface area contributed by atoms with Crippen LogP contribution in [-0.2, 0) is 16.4 Å². The van der Waals surface area contributed by atoms with Crippen molar-refractivity contribution >= 4 is 15.7 Å². The number of nitrogens with one attached hydrogen (secondary N) is 2. The van der Waals surface area contributed by atoms with Crippen molar-refractivity contribution in [1.29, 1.82) is 0 Å². The predicted molar refractivity (Wildman–Crippen MR) is 76.5 cm³/mol. The van der Waals surface area contributed by atoms with E-state index in [4.69, 9.17) is 6.42 Å². The minimum Gasteiger partial charge on any atom is -0.384 e. The van der Waals surface area contributed by atoms with Gasteiger partial charge in [-0.25, -0.2) is 13.1 Å². The number of sulfonamides is 1. The van der Waals surface area contributed by atoms with Gasteiger partial charge in [-0.15, -0.1) is 12.3 Å². The monoisotopic (exact) mass is 278 g/mol. The number of fused-ring (bicyclic) bond motifs is 1. The molecule has 2 N–H and O–H groups in total. The van der Waals surface area contributed by atoms with Crippen LogP contribution in [0.1, 0.15) is 25.3 Å². The second-order valence-electron chi connectivity index (χ2n) is 4.63. The van der Waals surface area contributed by atoms with Gasteiger partial charge < -0.3 is 5.32 Å². The zero-order chi connectivity index (χ0) is 13.9. The van der Waals surface area contributed by atoms with E-state index < -0.39 is 10.0 Å². The Balaban J connectivity index is 2.22. The van der Waals surface area contributed by atoms with Gasteiger partial charge in [0.15, 0.2) is 0 Å². The summed E-state index contributed by atoms with van der Waals surface area (Å²) in [6.07, 6.45) is 7.19. The Bertz CT molecular complexity index is 602. The van der Waals surface area contributed by atoms with E-state index in [2.05, 4.69) is 16.0 Å². The zero-order valence-electron chi connectivity index (χ0n) is 10.9. The lowest BCUT2D eigenvalue weighted by Crippen LogP contribution is -2.34. The van der Waals surface area contributed by atoms with Crippen LogP contribution in [0.2, 0.25) is 0 Å². The molecule has 1 atom stereocenters. The molecule has 0 saturated carbocycles. The highest BCUT2D eigenvalue weighted by atomic mass is 32.2. The van der Waals surface area contributed by atoms with Gasteiger partial charge in [-0.1, -0.05) is 6.92 Å². The molecule has 1 unspecified atom stereocenters. The highest BCUT2D eigenvalue weighted by Crippen LogP contribution is 2.25. The smallest absolute Gasteiger partial charge is 0.240 e. The van der Waals surface area contributed by atoms with Crippen LogP contribution >= 0.6 is 0 Å². The molecule has 19 heavy (non-hydrogen) atoms. The number of rotatable bonds is 5. The number of terminal acetylenes is 1. The maximum atomic E-state index is 12.3. The molecule has 5 heteroatoms. The van der Waals surface area contributed by atoms with E-state index in [1.54, 1.807) is 12.1 Å². The fourth-order valence-corrected chi connectivity index (χ4v) is 3.52. The third-order valence-electron chi connectivity index (χ3n) is 3.28. The minimum absolute atomic E-state index is 0.207. The molecule has 0 aromatic heterocycles. The standard InChI is InChI=1S/C14H18N2O2S/c1-3-5-12(4-2)16-19(17,18)13-6-7-14-11(10-13)8-9-15-14/h1,6-7,10,12,15-16H,4-5,8-9H2,2H3. The van der Waals surface area contributed by atoms with Crippen LogP contribution in [0.3, 0.4) is 0 Å². The number of hydrogen-bond donors (Lipinski definition) is 2. The fraction of sp³-hybridized carbons (Fsp3) is 0.429. The summed E-state index contributed by atoms with van der Waals surface area (Å²) in [5.74, 6) is 2.50. The largest absolute Gasteiger partial charge is 0.384 e. The Labute approximate surface area is 114 Å². The quantitative estimate of drug-likeness (QED) is 0.807. The summed E-state index contributed by atoms with van der Waals surface area (Å²) in [4.78, 5) is 0.311. The summed E-state index contributed by atoms with van der Waals surface area (Å²) >= 11 is 0. The fourth-order valence-electron chi connectivity index (χ4n) is 2.15. The van der Waals surface area contributed by atoms with Gasteiger partial charge in [-0.2, -0.15) is 0 Å². The van der Waals surface area contributed by atoms with Crippen molar-refractivity contribution in [2.45, 2.75) is 37.1 Å². The summed E-state index contributed by atoms with van der Waals surface area (Å²) in [6.45, 7) is 2.78. The van der Waals surface area contributed by atoms with E-state index in [1.807, 2.05) is 13.0 Å². The first kappa shape index (κ1) is 13.9. The molecule has 1 aliphatic heterocycles. The molecule has 0 spiro atoms. The highest BCUT2D eigenvalue weighted by Gasteiger charge is 2.20. The lowest BCUT2D eigenvalue weighted by Gasteiger charge is -2.15. The third-order valence-corrected chi connectivity index (χ3v) is 4.79. The van der Waals surface area contributed by atoms with Crippen molar-refractivity contribution in [2.24, 2.45) is 0 Å². The van der Waals surface area contributed by atoms with Crippen LogP contribution in [-0.4, -0.2) is 21.0 Å². The van der Waals surface area contributed by atoms with Crippen molar-refractivity contribution in [3.63, 3.8) is 0 Å². The van der Waals surface area contributed by atoms with Crippen molar-refractivity contribution in [3.8, 4) is 12.3 Å². The Hall–Kier alpha value is -1.51. The van der Waals surface area contributed by atoms with Gasteiger partial charge in [0.05, 0.1) is 4.90 Å². The second kappa shape index (κ2) is 5.64. The Morgan fingerprint density at radius 3 is 3.00 bits per heavy atom. The van der Waals surface area contributed by atoms with Crippen molar-refractivity contribution in [2.75, 3.05) is 11.9 Å². The molecule has 1 aromatic carbocycles. The average Bonchev–Trinajstić information content (AvgIpc) is 2.85. The lowest BCUT2D eigenvalue weighted by atomic mass is 10.2. The van der Waals surface area contributed by atoms with Crippen LogP contribution in [0.15, 0.2) is 23.1 Å². The molecule has 0 bridgehead atoms. The van der Waals surface area contributed by atoms with E-state index in [0.29, 0.717) is 17.7 Å². The van der Waals surface area contributed by atoms with Crippen LogP contribution in [0.4, 0.5) is 5.69 Å². The zero-order valence-corrected chi connectivity index (χ0v) is 11.8. The summed E-state index contributed by atoms with van der Waals surface area (Å²) in [5.41, 5.74) is 2.07. The first-order chi connectivity index (χ1) is 9.06. The Morgan fingerprint density at radius 2 is 2.32 bits per heavy atom. The molecule has 0 radical (unpaired) electrons. The van der Waals surface area contributed by atoms with Gasteiger partial charge in [0, 0.05) is 24.7 Å². The number of hydrogen-bond acceptors (Lipinski definition) is 3. The molecule has 102 valence electrons. The molecule has 2 rings (SSSR count). The summed E-state index contributed by atoms with van der Waals surface area (Å²) in [7, 11) is -3.49. The Morgan fingerprint density at radius 1 is 1.53 bits per heavy atom. The van der Waals surface area contributed by atoms with E-state index in [-0.39, 0.29) is 6.04 Å². The summed E-state index contributed by atoms with van der Waals surface area (Å²) in [5, 5.41) is 3.21. The Kier molecular flexibility index (Phi) is 4.13. The van der Waals surface area contributed by atoms with Crippen LogP contribution < -0.4 is 10.0 Å². The van der Waals surface area contributed by atoms with Crippen LogP contribution in [0, 0.1) is 12.3 Å². The van der Waals surface area contributed by atoms with E-state index in [9.17, 15) is 8.42 Å². The molecule has 0 aliphatic carbocycles. The molecule has 1 aliphatic rings. The topological polar surface area (TPSA) is 58.2 Å². The molecule has 0 saturated heterocycles. The lowest BCUT2D eigenvalue weighted by molar-refractivity contribution is 0.544. The maximum Gasteiger partial charge on any atom is 0.240 e. The van der Waals surface area contributed by atoms with Gasteiger partial charge in [0.25, 0.3) is 0 Å². The van der Waals surface area contributed by atoms with Gasteiger partial charge in [0.1, 0.15) is 0 Å². The summed E-state index contributed by atoms with van der Waals surface area (Å²) < 4.78 is 27.2. The van der Waals surface area contributed by atoms with E-state index in [0.717, 1.165) is 24.2 Å².